The van der Waals surface area contributed by atoms with E-state index in [9.17, 15) is 4.79 Å². The summed E-state index contributed by atoms with van der Waals surface area (Å²) in [6.07, 6.45) is 4.54. The van der Waals surface area contributed by atoms with Crippen molar-refractivity contribution in [2.75, 3.05) is 32.5 Å². The Kier molecular flexibility index (Phi) is 7.83. The van der Waals surface area contributed by atoms with E-state index in [0.717, 1.165) is 38.8 Å². The average molecular weight is 292 g/mol. The van der Waals surface area contributed by atoms with Gasteiger partial charge in [0.2, 0.25) is 0 Å². The number of unbranched alkanes of at least 4 members (excludes halogenated alkanes) is 2. The summed E-state index contributed by atoms with van der Waals surface area (Å²) in [6.45, 7) is 6.77. The SMILES string of the molecule is CCCCN(CCCC)CC(=O)c1ccc(OC)c(N)c1. The van der Waals surface area contributed by atoms with Crippen LogP contribution >= 0.6 is 0 Å². The van der Waals surface area contributed by atoms with Crippen molar-refractivity contribution in [3.63, 3.8) is 0 Å². The van der Waals surface area contributed by atoms with Gasteiger partial charge in [0, 0.05) is 5.56 Å². The summed E-state index contributed by atoms with van der Waals surface area (Å²) in [5.41, 5.74) is 7.04. The number of ketones is 1. The lowest BCUT2D eigenvalue weighted by atomic mass is 10.1. The highest BCUT2D eigenvalue weighted by Crippen LogP contribution is 2.22. The predicted molar refractivity (Wildman–Crippen MR) is 88.0 cm³/mol. The van der Waals surface area contributed by atoms with Gasteiger partial charge in [-0.2, -0.15) is 0 Å². The number of anilines is 1. The molecule has 1 aromatic carbocycles. The van der Waals surface area contributed by atoms with Crippen molar-refractivity contribution >= 4 is 11.5 Å². The molecule has 0 heterocycles. The Morgan fingerprint density at radius 1 is 1.19 bits per heavy atom. The van der Waals surface area contributed by atoms with Crippen LogP contribution in [0.25, 0.3) is 0 Å². The number of benzene rings is 1. The minimum atomic E-state index is 0.122. The van der Waals surface area contributed by atoms with Crippen molar-refractivity contribution in [2.45, 2.75) is 39.5 Å². The third-order valence-electron chi connectivity index (χ3n) is 3.57. The quantitative estimate of drug-likeness (QED) is 0.530. The monoisotopic (exact) mass is 292 g/mol. The lowest BCUT2D eigenvalue weighted by Gasteiger charge is -2.21. The molecule has 0 radical (unpaired) electrons. The molecule has 4 nitrogen and oxygen atoms in total. The van der Waals surface area contributed by atoms with Crippen molar-refractivity contribution in [2.24, 2.45) is 0 Å². The number of methoxy groups -OCH3 is 1. The van der Waals surface area contributed by atoms with Crippen molar-refractivity contribution in [3.8, 4) is 5.75 Å². The summed E-state index contributed by atoms with van der Waals surface area (Å²) >= 11 is 0. The molecule has 0 bridgehead atoms. The van der Waals surface area contributed by atoms with Crippen LogP contribution in [0.3, 0.4) is 0 Å². The lowest BCUT2D eigenvalue weighted by molar-refractivity contribution is 0.0928. The zero-order valence-corrected chi connectivity index (χ0v) is 13.5. The molecule has 0 aliphatic rings. The largest absolute Gasteiger partial charge is 0.495 e. The molecule has 1 rings (SSSR count). The second kappa shape index (κ2) is 9.40. The van der Waals surface area contributed by atoms with E-state index in [1.54, 1.807) is 25.3 Å². The normalized spacial score (nSPS) is 10.9. The Morgan fingerprint density at radius 2 is 1.81 bits per heavy atom. The van der Waals surface area contributed by atoms with Crippen LogP contribution < -0.4 is 10.5 Å². The van der Waals surface area contributed by atoms with Crippen molar-refractivity contribution in [1.29, 1.82) is 0 Å². The van der Waals surface area contributed by atoms with E-state index in [0.29, 0.717) is 23.5 Å². The smallest absolute Gasteiger partial charge is 0.176 e. The number of hydrogen-bond acceptors (Lipinski definition) is 4. The third-order valence-corrected chi connectivity index (χ3v) is 3.57. The Balaban J connectivity index is 2.68. The zero-order chi connectivity index (χ0) is 15.7. The van der Waals surface area contributed by atoms with Crippen molar-refractivity contribution in [1.82, 2.24) is 4.90 Å². The molecule has 0 spiro atoms. The van der Waals surface area contributed by atoms with E-state index in [4.69, 9.17) is 10.5 Å². The minimum absolute atomic E-state index is 0.122. The zero-order valence-electron chi connectivity index (χ0n) is 13.5. The van der Waals surface area contributed by atoms with Crippen LogP contribution in [0.1, 0.15) is 49.9 Å². The van der Waals surface area contributed by atoms with Crippen LogP contribution in [0.2, 0.25) is 0 Å². The van der Waals surface area contributed by atoms with E-state index in [1.165, 1.54) is 0 Å². The highest BCUT2D eigenvalue weighted by molar-refractivity contribution is 5.98. The highest BCUT2D eigenvalue weighted by atomic mass is 16.5. The number of carbonyl (C=O) groups excluding carboxylic acids is 1. The molecule has 0 atom stereocenters. The standard InChI is InChI=1S/C17H28N2O2/c1-4-6-10-19(11-7-5-2)13-16(20)14-8-9-17(21-3)15(18)12-14/h8-9,12H,4-7,10-11,13,18H2,1-3H3. The summed E-state index contributed by atoms with van der Waals surface area (Å²) in [4.78, 5) is 14.6. The Hall–Kier alpha value is -1.55. The maximum Gasteiger partial charge on any atom is 0.176 e. The topological polar surface area (TPSA) is 55.6 Å². The second-order valence-electron chi connectivity index (χ2n) is 5.36. The van der Waals surface area contributed by atoms with Crippen molar-refractivity contribution in [3.05, 3.63) is 23.8 Å². The molecule has 0 aliphatic heterocycles. The molecule has 2 N–H and O–H groups in total. The van der Waals surface area contributed by atoms with E-state index < -0.39 is 0 Å². The third kappa shape index (κ3) is 5.76. The molecule has 0 fully saturated rings. The van der Waals surface area contributed by atoms with Crippen LogP contribution in [0.4, 0.5) is 5.69 Å². The lowest BCUT2D eigenvalue weighted by Crippen LogP contribution is -2.31. The van der Waals surface area contributed by atoms with E-state index in [2.05, 4.69) is 18.7 Å². The van der Waals surface area contributed by atoms with Gasteiger partial charge in [0.1, 0.15) is 5.75 Å². The van der Waals surface area contributed by atoms with Gasteiger partial charge in [-0.15, -0.1) is 0 Å². The van der Waals surface area contributed by atoms with E-state index >= 15 is 0 Å². The molecular weight excluding hydrogens is 264 g/mol. The number of Topliss-reactive ketones (excluding diaryl/α,β-unsaturated/α-hetero) is 1. The molecule has 0 aliphatic carbocycles. The second-order valence-corrected chi connectivity index (χ2v) is 5.36. The molecule has 118 valence electrons. The van der Waals surface area contributed by atoms with Crippen LogP contribution in [-0.2, 0) is 0 Å². The number of hydrogen-bond donors (Lipinski definition) is 1. The first-order chi connectivity index (χ1) is 10.1. The van der Waals surface area contributed by atoms with Gasteiger partial charge >= 0.3 is 0 Å². The fourth-order valence-electron chi connectivity index (χ4n) is 2.24. The van der Waals surface area contributed by atoms with Gasteiger partial charge in [0.15, 0.2) is 5.78 Å². The summed E-state index contributed by atoms with van der Waals surface area (Å²) in [5, 5.41) is 0. The Bertz CT molecular complexity index is 438. The number of nitrogens with two attached hydrogens (primary N) is 1. The average Bonchev–Trinajstić information content (AvgIpc) is 2.49. The number of nitrogens with zero attached hydrogens (tertiary/aromatic N) is 1. The Labute approximate surface area is 128 Å². The molecule has 21 heavy (non-hydrogen) atoms. The van der Waals surface area contributed by atoms with E-state index in [1.807, 2.05) is 0 Å². The molecule has 0 amide bonds. The molecule has 0 unspecified atom stereocenters. The summed E-state index contributed by atoms with van der Waals surface area (Å²) < 4.78 is 5.12. The van der Waals surface area contributed by atoms with Crippen LogP contribution in [0.5, 0.6) is 5.75 Å². The van der Waals surface area contributed by atoms with Crippen LogP contribution in [-0.4, -0.2) is 37.4 Å². The van der Waals surface area contributed by atoms with Gasteiger partial charge in [0.25, 0.3) is 0 Å². The minimum Gasteiger partial charge on any atom is -0.495 e. The molecule has 0 saturated carbocycles. The molecule has 0 aromatic heterocycles. The molecule has 1 aromatic rings. The molecule has 4 heteroatoms. The summed E-state index contributed by atoms with van der Waals surface area (Å²) in [7, 11) is 1.57. The molecule has 0 saturated heterocycles. The van der Waals surface area contributed by atoms with Gasteiger partial charge in [-0.25, -0.2) is 0 Å². The first kappa shape index (κ1) is 17.5. The van der Waals surface area contributed by atoms with E-state index in [-0.39, 0.29) is 5.78 Å². The van der Waals surface area contributed by atoms with Gasteiger partial charge in [-0.05, 0) is 44.1 Å². The van der Waals surface area contributed by atoms with Crippen molar-refractivity contribution < 1.29 is 9.53 Å². The molecular formula is C17H28N2O2. The summed E-state index contributed by atoms with van der Waals surface area (Å²) in [6, 6.07) is 5.25. The number of ether oxygens (including phenoxy) is 1. The maximum absolute atomic E-state index is 12.4. The maximum atomic E-state index is 12.4. The fraction of sp³-hybridized carbons (Fsp3) is 0.588. The summed E-state index contributed by atoms with van der Waals surface area (Å²) in [5.74, 6) is 0.733. The number of nitrogen functional groups attached to an aromatic ring is 1. The van der Waals surface area contributed by atoms with Crippen LogP contribution in [0, 0.1) is 0 Å². The first-order valence-corrected chi connectivity index (χ1v) is 7.81. The van der Waals surface area contributed by atoms with Gasteiger partial charge in [-0.3, -0.25) is 9.69 Å². The fourth-order valence-corrected chi connectivity index (χ4v) is 2.24. The van der Waals surface area contributed by atoms with Gasteiger partial charge in [-0.1, -0.05) is 26.7 Å². The number of rotatable bonds is 10. The van der Waals surface area contributed by atoms with Gasteiger partial charge < -0.3 is 10.5 Å². The Morgan fingerprint density at radius 3 is 2.29 bits per heavy atom. The number of carbonyl (C=O) groups is 1. The highest BCUT2D eigenvalue weighted by Gasteiger charge is 2.13. The predicted octanol–water partition coefficient (Wildman–Crippen LogP) is 3.36. The van der Waals surface area contributed by atoms with Crippen LogP contribution in [0.15, 0.2) is 18.2 Å². The van der Waals surface area contributed by atoms with Gasteiger partial charge in [0.05, 0.1) is 19.3 Å². The first-order valence-electron chi connectivity index (χ1n) is 7.81.